The molecular formula is C14H9Cl2NO6. The molecule has 9 heteroatoms. The first-order valence-corrected chi connectivity index (χ1v) is 6.92. The van der Waals surface area contributed by atoms with Gasteiger partial charge in [0.15, 0.2) is 5.76 Å². The number of Topliss-reactive ketones (excluding diaryl/α,β-unsaturated/α-hetero) is 1. The maximum atomic E-state index is 11.8. The highest BCUT2D eigenvalue weighted by Crippen LogP contribution is 2.35. The normalized spacial score (nSPS) is 14.3. The molecule has 0 saturated carbocycles. The molecule has 1 aromatic heterocycles. The molecule has 1 aliphatic rings. The monoisotopic (exact) mass is 357 g/mol. The minimum absolute atomic E-state index is 0.0388. The summed E-state index contributed by atoms with van der Waals surface area (Å²) in [6.45, 7) is 0. The van der Waals surface area contributed by atoms with E-state index in [-0.39, 0.29) is 16.5 Å². The van der Waals surface area contributed by atoms with Gasteiger partial charge in [-0.1, -0.05) is 35.4 Å². The molecule has 2 N–H and O–H groups in total. The number of ether oxygens (including phenoxy) is 1. The molecule has 120 valence electrons. The van der Waals surface area contributed by atoms with Gasteiger partial charge in [-0.15, -0.1) is 0 Å². The maximum absolute atomic E-state index is 11.8. The predicted octanol–water partition coefficient (Wildman–Crippen LogP) is 2.18. The topological polar surface area (TPSA) is 114 Å². The predicted molar refractivity (Wildman–Crippen MR) is 79.1 cm³/mol. The van der Waals surface area contributed by atoms with Crippen LogP contribution in [-0.4, -0.2) is 32.9 Å². The van der Waals surface area contributed by atoms with Crippen LogP contribution in [0, 0.1) is 0 Å². The van der Waals surface area contributed by atoms with E-state index in [2.05, 4.69) is 4.98 Å². The zero-order valence-electron chi connectivity index (χ0n) is 11.3. The highest BCUT2D eigenvalue weighted by molar-refractivity contribution is 6.35. The first-order chi connectivity index (χ1) is 10.8. The second-order valence-electron chi connectivity index (χ2n) is 4.46. The van der Waals surface area contributed by atoms with Crippen LogP contribution < -0.4 is 0 Å². The summed E-state index contributed by atoms with van der Waals surface area (Å²) in [5.41, 5.74) is -3.57. The molecule has 2 rings (SSSR count). The Kier molecular flexibility index (Phi) is 4.72. The number of ketones is 1. The molecule has 0 radical (unpaired) electrons. The molecule has 0 saturated heterocycles. The molecule has 0 spiro atoms. The molecule has 0 aliphatic heterocycles. The van der Waals surface area contributed by atoms with Crippen molar-refractivity contribution in [2.75, 3.05) is 0 Å². The van der Waals surface area contributed by atoms with Gasteiger partial charge in [-0.3, -0.25) is 9.78 Å². The lowest BCUT2D eigenvalue weighted by molar-refractivity contribution is -0.180. The second kappa shape index (κ2) is 6.39. The first-order valence-electron chi connectivity index (χ1n) is 6.16. The number of pyridine rings is 1. The maximum Gasteiger partial charge on any atom is 0.366 e. The SMILES string of the molecule is O=C1CC=CC=C1OC(C(=O)O)(C(=O)O)c1ncc(Cl)cc1Cl. The van der Waals surface area contributed by atoms with Gasteiger partial charge in [0, 0.05) is 12.6 Å². The van der Waals surface area contributed by atoms with Gasteiger partial charge in [0.2, 0.25) is 5.78 Å². The Labute approximate surface area is 139 Å². The van der Waals surface area contributed by atoms with Gasteiger partial charge in [0.1, 0.15) is 5.69 Å². The van der Waals surface area contributed by atoms with Crippen molar-refractivity contribution in [3.8, 4) is 0 Å². The number of aromatic nitrogens is 1. The molecule has 1 aliphatic carbocycles. The average Bonchev–Trinajstić information content (AvgIpc) is 2.46. The van der Waals surface area contributed by atoms with Crippen LogP contribution >= 0.6 is 23.2 Å². The van der Waals surface area contributed by atoms with Gasteiger partial charge in [0.25, 0.3) is 0 Å². The van der Waals surface area contributed by atoms with E-state index in [0.29, 0.717) is 0 Å². The Balaban J connectivity index is 2.63. The summed E-state index contributed by atoms with van der Waals surface area (Å²) < 4.78 is 5.09. The third-order valence-electron chi connectivity index (χ3n) is 2.97. The van der Waals surface area contributed by atoms with Crippen molar-refractivity contribution in [1.29, 1.82) is 0 Å². The molecule has 0 unspecified atom stereocenters. The lowest BCUT2D eigenvalue weighted by atomic mass is 9.98. The van der Waals surface area contributed by atoms with Crippen molar-refractivity contribution < 1.29 is 29.3 Å². The van der Waals surface area contributed by atoms with Crippen molar-refractivity contribution in [2.45, 2.75) is 12.0 Å². The lowest BCUT2D eigenvalue weighted by Crippen LogP contribution is -2.47. The number of hydrogen-bond donors (Lipinski definition) is 2. The summed E-state index contributed by atoms with van der Waals surface area (Å²) in [7, 11) is 0. The number of carbonyl (C=O) groups excluding carboxylic acids is 1. The number of hydrogen-bond acceptors (Lipinski definition) is 5. The largest absolute Gasteiger partial charge is 0.478 e. The summed E-state index contributed by atoms with van der Waals surface area (Å²) in [6.07, 6.45) is 5.14. The zero-order chi connectivity index (χ0) is 17.2. The minimum atomic E-state index is -2.98. The Bertz CT molecular complexity index is 742. The molecular weight excluding hydrogens is 349 g/mol. The average molecular weight is 358 g/mol. The van der Waals surface area contributed by atoms with Gasteiger partial charge in [0.05, 0.1) is 10.0 Å². The van der Waals surface area contributed by atoms with Crippen LogP contribution in [0.5, 0.6) is 0 Å². The highest BCUT2D eigenvalue weighted by Gasteiger charge is 2.55. The fourth-order valence-electron chi connectivity index (χ4n) is 1.88. The van der Waals surface area contributed by atoms with E-state index in [1.165, 1.54) is 18.2 Å². The molecule has 0 fully saturated rings. The van der Waals surface area contributed by atoms with Crippen molar-refractivity contribution >= 4 is 40.9 Å². The van der Waals surface area contributed by atoms with Gasteiger partial charge in [-0.2, -0.15) is 0 Å². The van der Waals surface area contributed by atoms with Crippen molar-refractivity contribution in [3.05, 3.63) is 52.0 Å². The number of carboxylic acid groups (broad SMARTS) is 2. The Morgan fingerprint density at radius 1 is 1.26 bits per heavy atom. The van der Waals surface area contributed by atoms with E-state index < -0.39 is 34.8 Å². The van der Waals surface area contributed by atoms with Crippen LogP contribution in [0.1, 0.15) is 12.1 Å². The number of aliphatic carboxylic acids is 2. The minimum Gasteiger partial charge on any atom is -0.478 e. The molecule has 0 aromatic carbocycles. The number of carboxylic acids is 2. The fourth-order valence-corrected chi connectivity index (χ4v) is 2.40. The quantitative estimate of drug-likeness (QED) is 0.776. The molecule has 0 bridgehead atoms. The van der Waals surface area contributed by atoms with E-state index in [1.807, 2.05) is 0 Å². The van der Waals surface area contributed by atoms with Crippen molar-refractivity contribution in [2.24, 2.45) is 0 Å². The van der Waals surface area contributed by atoms with Crippen molar-refractivity contribution in [1.82, 2.24) is 4.98 Å². The summed E-state index contributed by atoms with van der Waals surface area (Å²) in [5, 5.41) is 18.7. The summed E-state index contributed by atoms with van der Waals surface area (Å²) in [5.74, 6) is -4.75. The van der Waals surface area contributed by atoms with Crippen LogP contribution in [-0.2, 0) is 24.7 Å². The van der Waals surface area contributed by atoms with Gasteiger partial charge in [-0.05, 0) is 12.1 Å². The molecule has 23 heavy (non-hydrogen) atoms. The molecule has 1 aromatic rings. The van der Waals surface area contributed by atoms with Crippen LogP contribution in [0.3, 0.4) is 0 Å². The second-order valence-corrected chi connectivity index (χ2v) is 5.31. The zero-order valence-corrected chi connectivity index (χ0v) is 12.8. The lowest BCUT2D eigenvalue weighted by Gasteiger charge is -2.27. The molecule has 1 heterocycles. The third kappa shape index (κ3) is 3.06. The summed E-state index contributed by atoms with van der Waals surface area (Å²) >= 11 is 11.6. The number of halogens is 2. The third-order valence-corrected chi connectivity index (χ3v) is 3.46. The number of carbonyl (C=O) groups is 3. The van der Waals surface area contributed by atoms with Crippen LogP contribution in [0.2, 0.25) is 10.0 Å². The number of nitrogens with zero attached hydrogens (tertiary/aromatic N) is 1. The molecule has 0 atom stereocenters. The van der Waals surface area contributed by atoms with E-state index >= 15 is 0 Å². The van der Waals surface area contributed by atoms with E-state index in [1.54, 1.807) is 0 Å². The van der Waals surface area contributed by atoms with Crippen LogP contribution in [0.25, 0.3) is 0 Å². The number of rotatable bonds is 5. The highest BCUT2D eigenvalue weighted by atomic mass is 35.5. The van der Waals surface area contributed by atoms with Gasteiger partial charge >= 0.3 is 17.5 Å². The molecule has 0 amide bonds. The summed E-state index contributed by atoms with van der Waals surface area (Å²) in [4.78, 5) is 38.8. The smallest absolute Gasteiger partial charge is 0.366 e. The van der Waals surface area contributed by atoms with Gasteiger partial charge in [-0.25, -0.2) is 9.59 Å². The summed E-state index contributed by atoms with van der Waals surface area (Å²) in [6, 6.07) is 1.13. The first kappa shape index (κ1) is 17.0. The standard InChI is InChI=1S/C14H9Cl2NO6/c15-7-5-8(16)11(17-6-7)14(12(19)20,13(21)22)23-10-4-2-1-3-9(10)18/h1-2,4-6H,3H2,(H,19,20)(H,21,22). The van der Waals surface area contributed by atoms with Crippen LogP contribution in [0.4, 0.5) is 0 Å². The Hall–Kier alpha value is -2.38. The fraction of sp³-hybridized carbons (Fsp3) is 0.143. The Morgan fingerprint density at radius 3 is 2.43 bits per heavy atom. The number of allylic oxidation sites excluding steroid dienone is 4. The van der Waals surface area contributed by atoms with E-state index in [0.717, 1.165) is 12.3 Å². The van der Waals surface area contributed by atoms with E-state index in [4.69, 9.17) is 27.9 Å². The molecule has 7 nitrogen and oxygen atoms in total. The Morgan fingerprint density at radius 2 is 1.91 bits per heavy atom. The van der Waals surface area contributed by atoms with Gasteiger partial charge < -0.3 is 14.9 Å². The van der Waals surface area contributed by atoms with Crippen molar-refractivity contribution in [3.63, 3.8) is 0 Å². The van der Waals surface area contributed by atoms with Crippen LogP contribution in [0.15, 0.2) is 36.3 Å². The van der Waals surface area contributed by atoms with E-state index in [9.17, 15) is 24.6 Å².